The minimum Gasteiger partial charge on any atom is -0.462 e. The Morgan fingerprint density at radius 3 is 2.65 bits per heavy atom. The number of allylic oxidation sites excluding steroid dienone is 1. The van der Waals surface area contributed by atoms with Crippen LogP contribution in [-0.4, -0.2) is 22.8 Å². The lowest BCUT2D eigenvalue weighted by atomic mass is 9.47. The fourth-order valence-corrected chi connectivity index (χ4v) is 7.22. The van der Waals surface area contributed by atoms with Crippen molar-refractivity contribution in [3.05, 3.63) is 11.6 Å². The largest absolute Gasteiger partial charge is 0.462 e. The summed E-state index contributed by atoms with van der Waals surface area (Å²) in [5.41, 5.74) is 0.655. The molecule has 7 atom stereocenters. The van der Waals surface area contributed by atoms with Crippen molar-refractivity contribution in [1.82, 2.24) is 0 Å². The Kier molecular flexibility index (Phi) is 4.08. The van der Waals surface area contributed by atoms with Crippen LogP contribution in [0.15, 0.2) is 11.6 Å². The Balaban J connectivity index is 1.61. The van der Waals surface area contributed by atoms with Crippen molar-refractivity contribution in [2.75, 3.05) is 0 Å². The molecule has 0 aromatic carbocycles. The summed E-state index contributed by atoms with van der Waals surface area (Å²) in [4.78, 5) is 11.3. The maximum absolute atomic E-state index is 11.3. The van der Waals surface area contributed by atoms with Gasteiger partial charge in [0, 0.05) is 18.8 Å². The van der Waals surface area contributed by atoms with Crippen LogP contribution in [-0.2, 0) is 9.53 Å². The average molecular weight is 357 g/mol. The predicted molar refractivity (Wildman–Crippen MR) is 101 cm³/mol. The van der Waals surface area contributed by atoms with E-state index in [-0.39, 0.29) is 22.9 Å². The summed E-state index contributed by atoms with van der Waals surface area (Å²) < 4.78 is 5.51. The summed E-state index contributed by atoms with van der Waals surface area (Å²) >= 11 is 0. The molecule has 0 aliphatic heterocycles. The highest BCUT2D eigenvalue weighted by molar-refractivity contribution is 5.66. The van der Waals surface area contributed by atoms with Crippen LogP contribution in [0, 0.1) is 40.9 Å². The van der Waals surface area contributed by atoms with Gasteiger partial charge in [0.05, 0.1) is 0 Å². The van der Waals surface area contributed by atoms with Gasteiger partial charge in [-0.2, -0.15) is 0 Å². The molecule has 0 saturated heterocycles. The molecule has 0 aromatic heterocycles. The van der Waals surface area contributed by atoms with Crippen LogP contribution in [0.3, 0.4) is 0 Å². The third kappa shape index (κ3) is 2.34. The van der Waals surface area contributed by atoms with Gasteiger partial charge in [-0.1, -0.05) is 31.4 Å². The zero-order chi connectivity index (χ0) is 18.7. The van der Waals surface area contributed by atoms with Crippen molar-refractivity contribution in [2.45, 2.75) is 83.8 Å². The third-order valence-electron chi connectivity index (χ3n) is 8.78. The summed E-state index contributed by atoms with van der Waals surface area (Å²) in [7, 11) is 0. The maximum atomic E-state index is 11.3. The molecule has 7 unspecified atom stereocenters. The number of ether oxygens (including phenoxy) is 1. The van der Waals surface area contributed by atoms with Gasteiger partial charge < -0.3 is 9.84 Å². The highest BCUT2D eigenvalue weighted by Gasteiger charge is 2.63. The standard InChI is InChI=1S/C23H32O3/c1-5-23(25)13-10-20-18-7-6-16-14-17(26-15(2)24)8-11-21(16,3)19(18)9-12-22(20,23)4/h1,6,17-20,25H,7-14H2,2-4H3. The SMILES string of the molecule is C#CC1(O)CCC2C3CC=C4CC(OC(C)=O)CCC4(C)C3CCC21C. The van der Waals surface area contributed by atoms with Crippen LogP contribution in [0.2, 0.25) is 0 Å². The van der Waals surface area contributed by atoms with E-state index >= 15 is 0 Å². The van der Waals surface area contributed by atoms with Gasteiger partial charge in [0.1, 0.15) is 11.7 Å². The summed E-state index contributed by atoms with van der Waals surface area (Å²) in [6.45, 7) is 6.18. The van der Waals surface area contributed by atoms with Crippen molar-refractivity contribution in [3.63, 3.8) is 0 Å². The Labute approximate surface area is 157 Å². The van der Waals surface area contributed by atoms with Gasteiger partial charge in [0.25, 0.3) is 0 Å². The van der Waals surface area contributed by atoms with Gasteiger partial charge in [-0.3, -0.25) is 4.79 Å². The summed E-state index contributed by atoms with van der Waals surface area (Å²) in [5, 5.41) is 11.1. The molecule has 4 aliphatic rings. The smallest absolute Gasteiger partial charge is 0.302 e. The Morgan fingerprint density at radius 2 is 1.96 bits per heavy atom. The molecule has 3 nitrogen and oxygen atoms in total. The van der Waals surface area contributed by atoms with E-state index in [4.69, 9.17) is 11.2 Å². The van der Waals surface area contributed by atoms with Gasteiger partial charge in [-0.05, 0) is 68.1 Å². The molecule has 1 N–H and O–H groups in total. The normalized spacial score (nSPS) is 49.9. The van der Waals surface area contributed by atoms with Crippen molar-refractivity contribution in [1.29, 1.82) is 0 Å². The number of aliphatic hydroxyl groups is 1. The highest BCUT2D eigenvalue weighted by Crippen LogP contribution is 2.67. The van der Waals surface area contributed by atoms with E-state index in [0.717, 1.165) is 51.4 Å². The molecule has 4 aliphatic carbocycles. The molecule has 3 fully saturated rings. The number of hydrogen-bond acceptors (Lipinski definition) is 3. The van der Waals surface area contributed by atoms with Crippen molar-refractivity contribution < 1.29 is 14.6 Å². The van der Waals surface area contributed by atoms with Crippen LogP contribution in [0.4, 0.5) is 0 Å². The monoisotopic (exact) mass is 356 g/mol. The summed E-state index contributed by atoms with van der Waals surface area (Å²) in [6, 6.07) is 0. The third-order valence-corrected chi connectivity index (χ3v) is 8.78. The number of carbonyl (C=O) groups is 1. The van der Waals surface area contributed by atoms with Crippen LogP contribution in [0.25, 0.3) is 0 Å². The maximum Gasteiger partial charge on any atom is 0.302 e. The Bertz CT molecular complexity index is 688. The zero-order valence-corrected chi connectivity index (χ0v) is 16.4. The van der Waals surface area contributed by atoms with E-state index in [1.807, 2.05) is 0 Å². The fourth-order valence-electron chi connectivity index (χ4n) is 7.22. The van der Waals surface area contributed by atoms with E-state index in [2.05, 4.69) is 25.8 Å². The fraction of sp³-hybridized carbons (Fsp3) is 0.783. The molecule has 26 heavy (non-hydrogen) atoms. The number of fused-ring (bicyclic) bond motifs is 5. The number of esters is 1. The van der Waals surface area contributed by atoms with Gasteiger partial charge in [0.15, 0.2) is 0 Å². The molecule has 0 spiro atoms. The first-order chi connectivity index (χ1) is 12.2. The highest BCUT2D eigenvalue weighted by atomic mass is 16.5. The minimum absolute atomic E-state index is 0.0512. The first kappa shape index (κ1) is 18.1. The number of carbonyl (C=O) groups excluding carboxylic acids is 1. The zero-order valence-electron chi connectivity index (χ0n) is 16.4. The second kappa shape index (κ2) is 5.86. The van der Waals surface area contributed by atoms with Gasteiger partial charge in [-0.15, -0.1) is 6.42 Å². The lowest BCUT2D eigenvalue weighted by molar-refractivity contribution is -0.149. The van der Waals surface area contributed by atoms with Crippen molar-refractivity contribution in [3.8, 4) is 12.3 Å². The topological polar surface area (TPSA) is 46.5 Å². The summed E-state index contributed by atoms with van der Waals surface area (Å²) in [6.07, 6.45) is 16.3. The second-order valence-corrected chi connectivity index (χ2v) is 9.73. The molecular formula is C23H32O3. The molecule has 4 rings (SSSR count). The van der Waals surface area contributed by atoms with E-state index in [9.17, 15) is 9.90 Å². The van der Waals surface area contributed by atoms with Gasteiger partial charge in [-0.25, -0.2) is 0 Å². The Hall–Kier alpha value is -1.27. The van der Waals surface area contributed by atoms with Crippen LogP contribution in [0.1, 0.15) is 72.1 Å². The minimum atomic E-state index is -0.930. The van der Waals surface area contributed by atoms with Gasteiger partial charge >= 0.3 is 5.97 Å². The lowest BCUT2D eigenvalue weighted by Crippen LogP contribution is -2.54. The number of rotatable bonds is 1. The first-order valence-electron chi connectivity index (χ1n) is 10.3. The quantitative estimate of drug-likeness (QED) is 0.434. The molecule has 3 saturated carbocycles. The summed E-state index contributed by atoms with van der Waals surface area (Å²) in [5.74, 6) is 4.39. The number of hydrogen-bond donors (Lipinski definition) is 1. The first-order valence-corrected chi connectivity index (χ1v) is 10.3. The molecule has 0 amide bonds. The van der Waals surface area contributed by atoms with Crippen molar-refractivity contribution in [2.24, 2.45) is 28.6 Å². The van der Waals surface area contributed by atoms with Crippen LogP contribution in [0.5, 0.6) is 0 Å². The van der Waals surface area contributed by atoms with Crippen LogP contribution < -0.4 is 0 Å². The van der Waals surface area contributed by atoms with E-state index in [0.29, 0.717) is 17.8 Å². The molecule has 3 heteroatoms. The molecule has 0 aromatic rings. The molecule has 0 radical (unpaired) electrons. The second-order valence-electron chi connectivity index (χ2n) is 9.73. The van der Waals surface area contributed by atoms with E-state index < -0.39 is 5.60 Å². The molecule has 142 valence electrons. The predicted octanol–water partition coefficient (Wildman–Crippen LogP) is 4.25. The Morgan fingerprint density at radius 1 is 1.23 bits per heavy atom. The van der Waals surface area contributed by atoms with E-state index in [1.165, 1.54) is 12.5 Å². The number of terminal acetylenes is 1. The van der Waals surface area contributed by atoms with E-state index in [1.54, 1.807) is 0 Å². The average Bonchev–Trinajstić information content (AvgIpc) is 2.87. The van der Waals surface area contributed by atoms with Gasteiger partial charge in [0.2, 0.25) is 0 Å². The lowest BCUT2D eigenvalue weighted by Gasteiger charge is -2.58. The van der Waals surface area contributed by atoms with Crippen molar-refractivity contribution >= 4 is 5.97 Å². The van der Waals surface area contributed by atoms with Crippen LogP contribution >= 0.6 is 0 Å². The molecule has 0 heterocycles. The molecular weight excluding hydrogens is 324 g/mol. The molecule has 0 bridgehead atoms.